The topological polar surface area (TPSA) is 24.5 Å². The van der Waals surface area contributed by atoms with Crippen molar-refractivity contribution in [1.29, 1.82) is 0 Å². The maximum Gasteiger partial charge on any atom is 0.0851 e. The van der Waals surface area contributed by atoms with Crippen LogP contribution in [0.2, 0.25) is 0 Å². The summed E-state index contributed by atoms with van der Waals surface area (Å²) in [6, 6.07) is 0. The normalized spacial score (nSPS) is 25.5. The summed E-state index contributed by atoms with van der Waals surface area (Å²) < 4.78 is 1.31. The van der Waals surface area contributed by atoms with Crippen molar-refractivity contribution >= 4 is 12.8 Å². The van der Waals surface area contributed by atoms with Gasteiger partial charge in [-0.25, -0.2) is 5.43 Å². The van der Waals surface area contributed by atoms with Gasteiger partial charge in [0.05, 0.1) is 6.61 Å². The molecule has 0 spiro atoms. The molecule has 0 aromatic heterocycles. The first-order valence-corrected chi connectivity index (χ1v) is 2.15. The van der Waals surface area contributed by atoms with Crippen LogP contribution >= 0.6 is 12.8 Å². The van der Waals surface area contributed by atoms with E-state index in [1.807, 2.05) is 0 Å². The summed E-state index contributed by atoms with van der Waals surface area (Å²) in [6.07, 6.45) is 0. The Hall–Kier alpha value is 0.230. The average Bonchev–Trinajstić information content (AvgIpc) is 1.86. The molecule has 1 aliphatic rings. The molecule has 0 aromatic carbocycles. The number of rotatable bonds is 0. The van der Waals surface area contributed by atoms with Crippen molar-refractivity contribution < 1.29 is 4.84 Å². The van der Waals surface area contributed by atoms with E-state index in [-0.39, 0.29) is 0 Å². The molecule has 1 fully saturated rings. The molecule has 0 aromatic rings. The van der Waals surface area contributed by atoms with Gasteiger partial charge in [-0.1, -0.05) is 17.4 Å². The van der Waals surface area contributed by atoms with Crippen LogP contribution in [0.3, 0.4) is 0 Å². The number of thiol groups is 1. The summed E-state index contributed by atoms with van der Waals surface area (Å²) in [5.41, 5.74) is 2.79. The maximum atomic E-state index is 4.74. The summed E-state index contributed by atoms with van der Waals surface area (Å²) in [7, 11) is 0. The van der Waals surface area contributed by atoms with Gasteiger partial charge in [0.15, 0.2) is 0 Å². The summed E-state index contributed by atoms with van der Waals surface area (Å²) in [4.78, 5) is 4.74. The Morgan fingerprint density at radius 3 is 2.83 bits per heavy atom. The summed E-state index contributed by atoms with van der Waals surface area (Å²) in [6.45, 7) is 1.59. The molecule has 3 nitrogen and oxygen atoms in total. The molecule has 6 heavy (non-hydrogen) atoms. The van der Waals surface area contributed by atoms with E-state index in [2.05, 4.69) is 18.2 Å². The molecular formula is C2H6N2OS. The molecule has 0 unspecified atom stereocenters. The highest BCUT2D eigenvalue weighted by atomic mass is 32.1. The molecule has 0 saturated carbocycles. The molecule has 0 atom stereocenters. The lowest BCUT2D eigenvalue weighted by atomic mass is 10.8. The first kappa shape index (κ1) is 4.39. The van der Waals surface area contributed by atoms with E-state index >= 15 is 0 Å². The largest absolute Gasteiger partial charge is 0.273 e. The van der Waals surface area contributed by atoms with Crippen LogP contribution in [0.5, 0.6) is 0 Å². The van der Waals surface area contributed by atoms with Crippen LogP contribution in [0.15, 0.2) is 0 Å². The zero-order valence-corrected chi connectivity index (χ0v) is 4.11. The van der Waals surface area contributed by atoms with E-state index in [1.165, 1.54) is 4.58 Å². The predicted molar refractivity (Wildman–Crippen MR) is 24.8 cm³/mol. The fourth-order valence-electron chi connectivity index (χ4n) is 0.319. The quantitative estimate of drug-likeness (QED) is 0.410. The zero-order chi connectivity index (χ0) is 4.41. The predicted octanol–water partition coefficient (Wildman–Crippen LogP) is -0.417. The average molecular weight is 106 g/mol. The third-order valence-electron chi connectivity index (χ3n) is 0.563. The molecule has 0 amide bonds. The van der Waals surface area contributed by atoms with Crippen LogP contribution < -0.4 is 5.43 Å². The Bertz CT molecular complexity index is 44.8. The minimum atomic E-state index is 0.726. The molecule has 36 valence electrons. The van der Waals surface area contributed by atoms with E-state index in [1.54, 1.807) is 0 Å². The van der Waals surface area contributed by atoms with Crippen LogP contribution in [0.4, 0.5) is 0 Å². The minimum absolute atomic E-state index is 0.726. The molecule has 1 N–H and O–H groups in total. The minimum Gasteiger partial charge on any atom is -0.273 e. The number of nitrogens with one attached hydrogen (secondary N) is 1. The van der Waals surface area contributed by atoms with Gasteiger partial charge in [-0.2, -0.15) is 0 Å². The molecule has 1 heterocycles. The van der Waals surface area contributed by atoms with Gasteiger partial charge < -0.3 is 0 Å². The standard InChI is InChI=1S/C2H6N2OS/c6-4-3-1-2-5-4/h3,6H,1-2H2. The van der Waals surface area contributed by atoms with Crippen molar-refractivity contribution in [2.75, 3.05) is 13.2 Å². The van der Waals surface area contributed by atoms with Gasteiger partial charge in [-0.3, -0.25) is 4.84 Å². The van der Waals surface area contributed by atoms with Crippen molar-refractivity contribution in [1.82, 2.24) is 10.0 Å². The highest BCUT2D eigenvalue weighted by Gasteiger charge is 2.03. The van der Waals surface area contributed by atoms with Crippen LogP contribution in [-0.2, 0) is 4.84 Å². The van der Waals surface area contributed by atoms with Crippen LogP contribution in [0, 0.1) is 0 Å². The lowest BCUT2D eigenvalue weighted by Crippen LogP contribution is -2.18. The van der Waals surface area contributed by atoms with Gasteiger partial charge in [0.2, 0.25) is 0 Å². The second kappa shape index (κ2) is 1.79. The Balaban J connectivity index is 2.18. The molecule has 0 radical (unpaired) electrons. The molecule has 0 bridgehead atoms. The third-order valence-corrected chi connectivity index (χ3v) is 0.820. The molecule has 0 aliphatic carbocycles. The highest BCUT2D eigenvalue weighted by Crippen LogP contribution is 1.93. The second-order valence-electron chi connectivity index (χ2n) is 1.01. The second-order valence-corrected chi connectivity index (χ2v) is 1.38. The number of hydrogen-bond acceptors (Lipinski definition) is 4. The molecule has 1 rings (SSSR count). The van der Waals surface area contributed by atoms with E-state index < -0.39 is 0 Å². The van der Waals surface area contributed by atoms with E-state index in [0.717, 1.165) is 13.2 Å². The lowest BCUT2D eigenvalue weighted by Gasteiger charge is -1.99. The van der Waals surface area contributed by atoms with Crippen molar-refractivity contribution in [3.05, 3.63) is 0 Å². The Morgan fingerprint density at radius 1 is 1.83 bits per heavy atom. The first-order valence-electron chi connectivity index (χ1n) is 1.75. The van der Waals surface area contributed by atoms with Gasteiger partial charge >= 0.3 is 0 Å². The molecule has 1 aliphatic heterocycles. The Morgan fingerprint density at radius 2 is 2.67 bits per heavy atom. The van der Waals surface area contributed by atoms with Crippen LogP contribution in [-0.4, -0.2) is 17.7 Å². The van der Waals surface area contributed by atoms with Crippen LogP contribution in [0.1, 0.15) is 0 Å². The number of hydrazine groups is 1. The molecule has 4 heteroatoms. The fourth-order valence-corrected chi connectivity index (χ4v) is 0.501. The monoisotopic (exact) mass is 106 g/mol. The SMILES string of the molecule is SN1NCCO1. The fraction of sp³-hybridized carbons (Fsp3) is 1.00. The van der Waals surface area contributed by atoms with Crippen molar-refractivity contribution in [3.63, 3.8) is 0 Å². The highest BCUT2D eigenvalue weighted by molar-refractivity contribution is 7.77. The molecule has 1 saturated heterocycles. The number of hydrogen-bond donors (Lipinski definition) is 2. The summed E-state index contributed by atoms with van der Waals surface area (Å²) in [5, 5.41) is 0. The number of nitrogens with zero attached hydrogens (tertiary/aromatic N) is 1. The van der Waals surface area contributed by atoms with Crippen molar-refractivity contribution in [2.45, 2.75) is 0 Å². The first-order chi connectivity index (χ1) is 2.89. The Kier molecular flexibility index (Phi) is 1.31. The van der Waals surface area contributed by atoms with Crippen molar-refractivity contribution in [2.24, 2.45) is 0 Å². The van der Waals surface area contributed by atoms with E-state index in [9.17, 15) is 0 Å². The van der Waals surface area contributed by atoms with E-state index in [4.69, 9.17) is 4.84 Å². The zero-order valence-electron chi connectivity index (χ0n) is 3.22. The van der Waals surface area contributed by atoms with E-state index in [0.29, 0.717) is 0 Å². The van der Waals surface area contributed by atoms with Gasteiger partial charge in [0, 0.05) is 6.54 Å². The maximum absolute atomic E-state index is 4.74. The van der Waals surface area contributed by atoms with Crippen molar-refractivity contribution in [3.8, 4) is 0 Å². The van der Waals surface area contributed by atoms with Gasteiger partial charge in [-0.05, 0) is 0 Å². The molecular weight excluding hydrogens is 100 g/mol. The third kappa shape index (κ3) is 0.844. The van der Waals surface area contributed by atoms with Gasteiger partial charge in [-0.15, -0.1) is 0 Å². The lowest BCUT2D eigenvalue weighted by molar-refractivity contribution is -0.0419. The van der Waals surface area contributed by atoms with Gasteiger partial charge in [0.25, 0.3) is 0 Å². The Labute approximate surface area is 41.7 Å². The van der Waals surface area contributed by atoms with Gasteiger partial charge in [0.1, 0.15) is 0 Å². The van der Waals surface area contributed by atoms with Crippen LogP contribution in [0.25, 0.3) is 0 Å². The smallest absolute Gasteiger partial charge is 0.0851 e. The summed E-state index contributed by atoms with van der Waals surface area (Å²) >= 11 is 3.79. The summed E-state index contributed by atoms with van der Waals surface area (Å²) in [5.74, 6) is 0.